The lowest BCUT2D eigenvalue weighted by Crippen LogP contribution is -2.36. The molecular formula is C16H27N3. The first-order valence-electron chi connectivity index (χ1n) is 7.32. The average molecular weight is 261 g/mol. The van der Waals surface area contributed by atoms with E-state index in [2.05, 4.69) is 55.1 Å². The number of nitrogens with two attached hydrogens (primary N) is 1. The van der Waals surface area contributed by atoms with Crippen LogP contribution in [0.3, 0.4) is 0 Å². The summed E-state index contributed by atoms with van der Waals surface area (Å²) >= 11 is 0. The van der Waals surface area contributed by atoms with Crippen molar-refractivity contribution in [3.05, 3.63) is 29.8 Å². The molecule has 1 unspecified atom stereocenters. The minimum Gasteiger partial charge on any atom is -0.374 e. The first-order valence-corrected chi connectivity index (χ1v) is 7.32. The first-order chi connectivity index (χ1) is 9.08. The van der Waals surface area contributed by atoms with Crippen molar-refractivity contribution in [3.8, 4) is 0 Å². The van der Waals surface area contributed by atoms with Gasteiger partial charge in [-0.1, -0.05) is 18.2 Å². The zero-order valence-electron chi connectivity index (χ0n) is 12.5. The van der Waals surface area contributed by atoms with Gasteiger partial charge in [-0.15, -0.1) is 0 Å². The Morgan fingerprint density at radius 2 is 1.95 bits per heavy atom. The van der Waals surface area contributed by atoms with Gasteiger partial charge in [-0.3, -0.25) is 0 Å². The second-order valence-electron chi connectivity index (χ2n) is 5.97. The van der Waals surface area contributed by atoms with Crippen molar-refractivity contribution in [1.82, 2.24) is 4.90 Å². The van der Waals surface area contributed by atoms with Gasteiger partial charge in [-0.05, 0) is 57.5 Å². The Morgan fingerprint density at radius 3 is 2.58 bits per heavy atom. The molecule has 106 valence electrons. The van der Waals surface area contributed by atoms with Crippen LogP contribution in [-0.4, -0.2) is 38.6 Å². The third-order valence-corrected chi connectivity index (χ3v) is 4.21. The number of rotatable bonds is 4. The van der Waals surface area contributed by atoms with Gasteiger partial charge in [0.1, 0.15) is 0 Å². The van der Waals surface area contributed by atoms with Crippen LogP contribution in [-0.2, 0) is 0 Å². The van der Waals surface area contributed by atoms with Gasteiger partial charge >= 0.3 is 0 Å². The van der Waals surface area contributed by atoms with E-state index < -0.39 is 0 Å². The van der Waals surface area contributed by atoms with Crippen LogP contribution in [0.5, 0.6) is 0 Å². The number of hydrogen-bond donors (Lipinski definition) is 1. The second-order valence-corrected chi connectivity index (χ2v) is 5.97. The number of benzene rings is 1. The van der Waals surface area contributed by atoms with Gasteiger partial charge < -0.3 is 15.5 Å². The Balaban J connectivity index is 2.01. The van der Waals surface area contributed by atoms with Crippen LogP contribution >= 0.6 is 0 Å². The molecule has 0 bridgehead atoms. The summed E-state index contributed by atoms with van der Waals surface area (Å²) in [5.74, 6) is 0.808. The number of hydrogen-bond acceptors (Lipinski definition) is 3. The Bertz CT molecular complexity index is 395. The summed E-state index contributed by atoms with van der Waals surface area (Å²) in [6.45, 7) is 5.65. The maximum atomic E-state index is 6.07. The molecule has 0 amide bonds. The molecule has 0 radical (unpaired) electrons. The van der Waals surface area contributed by atoms with Crippen LogP contribution in [0, 0.1) is 5.92 Å². The van der Waals surface area contributed by atoms with Gasteiger partial charge in [0.15, 0.2) is 0 Å². The van der Waals surface area contributed by atoms with Crippen LogP contribution in [0.2, 0.25) is 0 Å². The van der Waals surface area contributed by atoms with Crippen molar-refractivity contribution in [1.29, 1.82) is 0 Å². The maximum Gasteiger partial charge on any atom is 0.0412 e. The quantitative estimate of drug-likeness (QED) is 0.904. The van der Waals surface area contributed by atoms with Crippen LogP contribution in [0.4, 0.5) is 5.69 Å². The van der Waals surface area contributed by atoms with Crippen molar-refractivity contribution in [2.45, 2.75) is 25.8 Å². The predicted molar refractivity (Wildman–Crippen MR) is 82.5 cm³/mol. The highest BCUT2D eigenvalue weighted by Gasteiger charge is 2.19. The molecule has 0 aliphatic carbocycles. The number of nitrogens with zero attached hydrogens (tertiary/aromatic N) is 2. The van der Waals surface area contributed by atoms with E-state index >= 15 is 0 Å². The summed E-state index contributed by atoms with van der Waals surface area (Å²) in [6, 6.07) is 8.60. The topological polar surface area (TPSA) is 32.5 Å². The third kappa shape index (κ3) is 3.71. The molecule has 0 aromatic heterocycles. The molecule has 1 saturated heterocycles. The average Bonchev–Trinajstić information content (AvgIpc) is 2.41. The number of para-hydroxylation sites is 1. The van der Waals surface area contributed by atoms with Gasteiger partial charge in [0.2, 0.25) is 0 Å². The van der Waals surface area contributed by atoms with Gasteiger partial charge in [0.05, 0.1) is 0 Å². The first kappa shape index (κ1) is 14.4. The van der Waals surface area contributed by atoms with Crippen LogP contribution < -0.4 is 10.6 Å². The second kappa shape index (κ2) is 6.40. The molecule has 1 aromatic rings. The van der Waals surface area contributed by atoms with Crippen molar-refractivity contribution >= 4 is 5.69 Å². The molecule has 3 heteroatoms. The summed E-state index contributed by atoms with van der Waals surface area (Å²) in [5.41, 5.74) is 8.61. The van der Waals surface area contributed by atoms with E-state index in [-0.39, 0.29) is 6.04 Å². The lowest BCUT2D eigenvalue weighted by molar-refractivity contribution is 0.222. The summed E-state index contributed by atoms with van der Waals surface area (Å²) in [4.78, 5) is 4.81. The fourth-order valence-electron chi connectivity index (χ4n) is 2.95. The van der Waals surface area contributed by atoms with Crippen molar-refractivity contribution in [3.63, 3.8) is 0 Å². The fraction of sp³-hybridized carbons (Fsp3) is 0.625. The standard InChI is InChI=1S/C16H27N3/c1-13(17)15-6-4-5-7-16(15)19(3)12-14-8-10-18(2)11-9-14/h4-7,13-14H,8-12,17H2,1-3H3. The summed E-state index contributed by atoms with van der Waals surface area (Å²) in [7, 11) is 4.41. The molecule has 0 saturated carbocycles. The zero-order valence-corrected chi connectivity index (χ0v) is 12.5. The lowest BCUT2D eigenvalue weighted by atomic mass is 9.96. The molecule has 1 atom stereocenters. The van der Waals surface area contributed by atoms with E-state index in [1.807, 2.05) is 0 Å². The smallest absolute Gasteiger partial charge is 0.0412 e. The third-order valence-electron chi connectivity index (χ3n) is 4.21. The highest BCUT2D eigenvalue weighted by molar-refractivity contribution is 5.54. The molecule has 1 fully saturated rings. The molecule has 3 nitrogen and oxygen atoms in total. The van der Waals surface area contributed by atoms with E-state index in [1.165, 1.54) is 37.2 Å². The number of anilines is 1. The van der Waals surface area contributed by atoms with Gasteiger partial charge in [0, 0.05) is 25.3 Å². The van der Waals surface area contributed by atoms with E-state index in [4.69, 9.17) is 5.73 Å². The van der Waals surface area contributed by atoms with E-state index in [1.54, 1.807) is 0 Å². The molecule has 1 aliphatic rings. The SMILES string of the molecule is CC(N)c1ccccc1N(C)CC1CCN(C)CC1. The molecular weight excluding hydrogens is 234 g/mol. The largest absolute Gasteiger partial charge is 0.374 e. The molecule has 0 spiro atoms. The Hall–Kier alpha value is -1.06. The highest BCUT2D eigenvalue weighted by Crippen LogP contribution is 2.26. The van der Waals surface area contributed by atoms with Gasteiger partial charge in [0.25, 0.3) is 0 Å². The van der Waals surface area contributed by atoms with Crippen LogP contribution in [0.15, 0.2) is 24.3 Å². The Labute approximate surface area is 117 Å². The number of likely N-dealkylation sites (tertiary alicyclic amines) is 1. The zero-order chi connectivity index (χ0) is 13.8. The molecule has 1 heterocycles. The predicted octanol–water partition coefficient (Wildman–Crippen LogP) is 2.48. The molecule has 2 rings (SSSR count). The summed E-state index contributed by atoms with van der Waals surface area (Å²) in [6.07, 6.45) is 2.61. The van der Waals surface area contributed by atoms with Crippen molar-refractivity contribution in [2.75, 3.05) is 38.6 Å². The Morgan fingerprint density at radius 1 is 1.32 bits per heavy atom. The number of piperidine rings is 1. The van der Waals surface area contributed by atoms with E-state index in [9.17, 15) is 0 Å². The van der Waals surface area contributed by atoms with E-state index in [0.717, 1.165) is 12.5 Å². The van der Waals surface area contributed by atoms with Crippen LogP contribution in [0.1, 0.15) is 31.4 Å². The molecule has 1 aliphatic heterocycles. The summed E-state index contributed by atoms with van der Waals surface area (Å²) < 4.78 is 0. The molecule has 1 aromatic carbocycles. The van der Waals surface area contributed by atoms with Crippen LogP contribution in [0.25, 0.3) is 0 Å². The van der Waals surface area contributed by atoms with Gasteiger partial charge in [-0.2, -0.15) is 0 Å². The maximum absolute atomic E-state index is 6.07. The minimum atomic E-state index is 0.0936. The lowest BCUT2D eigenvalue weighted by Gasteiger charge is -2.33. The monoisotopic (exact) mass is 261 g/mol. The minimum absolute atomic E-state index is 0.0936. The molecule has 19 heavy (non-hydrogen) atoms. The van der Waals surface area contributed by atoms with Crippen molar-refractivity contribution in [2.24, 2.45) is 11.7 Å². The summed E-state index contributed by atoms with van der Waals surface area (Å²) in [5, 5.41) is 0. The van der Waals surface area contributed by atoms with Gasteiger partial charge in [-0.25, -0.2) is 0 Å². The highest BCUT2D eigenvalue weighted by atomic mass is 15.1. The fourth-order valence-corrected chi connectivity index (χ4v) is 2.95. The normalized spacial score (nSPS) is 19.4. The van der Waals surface area contributed by atoms with Crippen molar-refractivity contribution < 1.29 is 0 Å². The Kier molecular flexibility index (Phi) is 4.83. The van der Waals surface area contributed by atoms with E-state index in [0.29, 0.717) is 0 Å². The molecule has 2 N–H and O–H groups in total.